The SMILES string of the molecule is Cc1c(Cl)ccc2[c]c[nH]c12. The molecule has 0 saturated carbocycles. The van der Waals surface area contributed by atoms with Gasteiger partial charge in [0.05, 0.1) is 5.52 Å². The predicted molar refractivity (Wildman–Crippen MR) is 46.9 cm³/mol. The van der Waals surface area contributed by atoms with E-state index in [1.54, 1.807) is 6.20 Å². The van der Waals surface area contributed by atoms with Crippen molar-refractivity contribution in [3.05, 3.63) is 35.0 Å². The van der Waals surface area contributed by atoms with Crippen LogP contribution >= 0.6 is 11.6 Å². The van der Waals surface area contributed by atoms with Gasteiger partial charge in [-0.15, -0.1) is 0 Å². The molecule has 0 bridgehead atoms. The molecule has 55 valence electrons. The number of aryl methyl sites for hydroxylation is 1. The Balaban J connectivity index is 2.93. The fourth-order valence-electron chi connectivity index (χ4n) is 1.18. The molecule has 0 saturated heterocycles. The van der Waals surface area contributed by atoms with Crippen molar-refractivity contribution in [1.29, 1.82) is 0 Å². The van der Waals surface area contributed by atoms with E-state index in [1.807, 2.05) is 19.1 Å². The van der Waals surface area contributed by atoms with Crippen LogP contribution in [0.2, 0.25) is 5.02 Å². The summed E-state index contributed by atoms with van der Waals surface area (Å²) in [5.74, 6) is 0. The van der Waals surface area contributed by atoms with Gasteiger partial charge in [0.1, 0.15) is 0 Å². The summed E-state index contributed by atoms with van der Waals surface area (Å²) in [5, 5.41) is 1.89. The van der Waals surface area contributed by atoms with Crippen LogP contribution in [0.4, 0.5) is 0 Å². The first kappa shape index (κ1) is 6.74. The number of hydrogen-bond donors (Lipinski definition) is 1. The molecule has 2 heteroatoms. The first-order chi connectivity index (χ1) is 5.29. The third-order valence-electron chi connectivity index (χ3n) is 1.84. The number of hydrogen-bond acceptors (Lipinski definition) is 0. The van der Waals surface area contributed by atoms with E-state index in [-0.39, 0.29) is 0 Å². The highest BCUT2D eigenvalue weighted by Crippen LogP contribution is 2.23. The lowest BCUT2D eigenvalue weighted by Crippen LogP contribution is -1.76. The van der Waals surface area contributed by atoms with Crippen LogP contribution in [0.15, 0.2) is 18.3 Å². The molecule has 0 amide bonds. The van der Waals surface area contributed by atoms with Gasteiger partial charge < -0.3 is 4.98 Å². The highest BCUT2D eigenvalue weighted by atomic mass is 35.5. The van der Waals surface area contributed by atoms with Crippen LogP contribution in [0.1, 0.15) is 5.56 Å². The molecule has 0 aliphatic rings. The van der Waals surface area contributed by atoms with Gasteiger partial charge in [0.15, 0.2) is 0 Å². The quantitative estimate of drug-likeness (QED) is 0.616. The second-order valence-electron chi connectivity index (χ2n) is 2.53. The number of rotatable bonds is 0. The summed E-state index contributed by atoms with van der Waals surface area (Å²) in [6.45, 7) is 2.00. The molecule has 0 atom stereocenters. The number of halogens is 1. The molecular formula is C9H7ClN. The first-order valence-corrected chi connectivity index (χ1v) is 3.80. The summed E-state index contributed by atoms with van der Waals surface area (Å²) in [5.41, 5.74) is 2.17. The van der Waals surface area contributed by atoms with Crippen LogP contribution in [0.3, 0.4) is 0 Å². The van der Waals surface area contributed by atoms with Crippen molar-refractivity contribution < 1.29 is 0 Å². The van der Waals surface area contributed by atoms with E-state index in [1.165, 1.54) is 0 Å². The largest absolute Gasteiger partial charge is 0.360 e. The Bertz CT molecular complexity index is 389. The van der Waals surface area contributed by atoms with Crippen molar-refractivity contribution in [2.75, 3.05) is 0 Å². The van der Waals surface area contributed by atoms with Gasteiger partial charge in [-0.05, 0) is 18.6 Å². The van der Waals surface area contributed by atoms with Crippen molar-refractivity contribution >= 4 is 22.5 Å². The summed E-state index contributed by atoms with van der Waals surface area (Å²) in [7, 11) is 0. The van der Waals surface area contributed by atoms with Crippen LogP contribution in [0.25, 0.3) is 10.9 Å². The molecule has 1 nitrogen and oxygen atoms in total. The Morgan fingerprint density at radius 2 is 2.27 bits per heavy atom. The Morgan fingerprint density at radius 1 is 1.45 bits per heavy atom. The zero-order valence-corrected chi connectivity index (χ0v) is 6.87. The fourth-order valence-corrected chi connectivity index (χ4v) is 1.34. The Morgan fingerprint density at radius 3 is 3.09 bits per heavy atom. The fraction of sp³-hybridized carbons (Fsp3) is 0.111. The number of aromatic nitrogens is 1. The molecule has 0 aliphatic carbocycles. The average Bonchev–Trinajstić information content (AvgIpc) is 2.45. The van der Waals surface area contributed by atoms with Crippen molar-refractivity contribution in [2.45, 2.75) is 6.92 Å². The highest BCUT2D eigenvalue weighted by Gasteiger charge is 2.00. The summed E-state index contributed by atoms with van der Waals surface area (Å²) in [6.07, 6.45) is 1.80. The number of nitrogens with one attached hydrogen (secondary N) is 1. The van der Waals surface area contributed by atoms with Crippen LogP contribution in [0.5, 0.6) is 0 Å². The van der Waals surface area contributed by atoms with Gasteiger partial charge in [-0.3, -0.25) is 0 Å². The molecule has 0 spiro atoms. The number of fused-ring (bicyclic) bond motifs is 1. The third kappa shape index (κ3) is 0.925. The van der Waals surface area contributed by atoms with Crippen molar-refractivity contribution in [3.63, 3.8) is 0 Å². The topological polar surface area (TPSA) is 15.8 Å². The van der Waals surface area contributed by atoms with E-state index < -0.39 is 0 Å². The minimum atomic E-state index is 0.799. The Kier molecular flexibility index (Phi) is 1.40. The molecule has 1 heterocycles. The zero-order chi connectivity index (χ0) is 7.84. The molecule has 0 aliphatic heterocycles. The maximum atomic E-state index is 5.91. The smallest absolute Gasteiger partial charge is 0.0505 e. The molecule has 0 unspecified atom stereocenters. The number of benzene rings is 1. The maximum absolute atomic E-state index is 5.91. The normalized spacial score (nSPS) is 10.7. The standard InChI is InChI=1S/C9H7ClN/c1-6-8(10)3-2-7-4-5-11-9(6)7/h2-3,5,11H,1H3. The Labute approximate surface area is 70.0 Å². The Hall–Kier alpha value is -0.950. The van der Waals surface area contributed by atoms with E-state index in [0.717, 1.165) is 21.5 Å². The van der Waals surface area contributed by atoms with Crippen LogP contribution in [-0.4, -0.2) is 4.98 Å². The zero-order valence-electron chi connectivity index (χ0n) is 6.11. The van der Waals surface area contributed by atoms with Crippen LogP contribution < -0.4 is 0 Å². The van der Waals surface area contributed by atoms with Gasteiger partial charge >= 0.3 is 0 Å². The van der Waals surface area contributed by atoms with Gasteiger partial charge in [0, 0.05) is 22.7 Å². The molecule has 0 fully saturated rings. The number of H-pyrrole nitrogens is 1. The molecule has 1 aromatic heterocycles. The van der Waals surface area contributed by atoms with E-state index in [4.69, 9.17) is 11.6 Å². The molecule has 1 N–H and O–H groups in total. The predicted octanol–water partition coefficient (Wildman–Crippen LogP) is 2.93. The van der Waals surface area contributed by atoms with Crippen molar-refractivity contribution in [1.82, 2.24) is 4.98 Å². The monoisotopic (exact) mass is 164 g/mol. The lowest BCUT2D eigenvalue weighted by atomic mass is 10.2. The minimum Gasteiger partial charge on any atom is -0.360 e. The van der Waals surface area contributed by atoms with Gasteiger partial charge in [0.2, 0.25) is 0 Å². The second kappa shape index (κ2) is 2.28. The lowest BCUT2D eigenvalue weighted by molar-refractivity contribution is 1.42. The molecular weight excluding hydrogens is 158 g/mol. The molecule has 1 radical (unpaired) electrons. The summed E-state index contributed by atoms with van der Waals surface area (Å²) in [4.78, 5) is 3.09. The molecule has 2 aromatic rings. The lowest BCUT2D eigenvalue weighted by Gasteiger charge is -1.97. The van der Waals surface area contributed by atoms with Gasteiger partial charge in [0.25, 0.3) is 0 Å². The van der Waals surface area contributed by atoms with Crippen LogP contribution in [0, 0.1) is 13.0 Å². The molecule has 11 heavy (non-hydrogen) atoms. The first-order valence-electron chi connectivity index (χ1n) is 3.43. The summed E-state index contributed by atoms with van der Waals surface area (Å²) < 4.78 is 0. The highest BCUT2D eigenvalue weighted by molar-refractivity contribution is 6.32. The van der Waals surface area contributed by atoms with Gasteiger partial charge in [-0.25, -0.2) is 0 Å². The van der Waals surface area contributed by atoms with Crippen molar-refractivity contribution in [3.8, 4) is 0 Å². The van der Waals surface area contributed by atoms with Crippen molar-refractivity contribution in [2.24, 2.45) is 0 Å². The maximum Gasteiger partial charge on any atom is 0.0505 e. The van der Waals surface area contributed by atoms with E-state index >= 15 is 0 Å². The second-order valence-corrected chi connectivity index (χ2v) is 2.94. The third-order valence-corrected chi connectivity index (χ3v) is 2.25. The summed E-state index contributed by atoms with van der Waals surface area (Å²) >= 11 is 5.91. The van der Waals surface area contributed by atoms with Gasteiger partial charge in [-0.1, -0.05) is 17.7 Å². The van der Waals surface area contributed by atoms with E-state index in [0.29, 0.717) is 0 Å². The molecule has 2 rings (SSSR count). The summed E-state index contributed by atoms with van der Waals surface area (Å²) in [6, 6.07) is 6.93. The van der Waals surface area contributed by atoms with E-state index in [9.17, 15) is 0 Å². The average molecular weight is 165 g/mol. The number of aromatic amines is 1. The molecule has 1 aromatic carbocycles. The van der Waals surface area contributed by atoms with Crippen LogP contribution in [-0.2, 0) is 0 Å². The van der Waals surface area contributed by atoms with Gasteiger partial charge in [-0.2, -0.15) is 0 Å². The van der Waals surface area contributed by atoms with E-state index in [2.05, 4.69) is 11.1 Å². The minimum absolute atomic E-state index is 0.799.